The van der Waals surface area contributed by atoms with Gasteiger partial charge in [0, 0.05) is 30.5 Å². The van der Waals surface area contributed by atoms with Crippen molar-refractivity contribution in [3.05, 3.63) is 41.4 Å². The maximum absolute atomic E-state index is 13.0. The van der Waals surface area contributed by atoms with E-state index in [0.29, 0.717) is 5.91 Å². The van der Waals surface area contributed by atoms with E-state index in [1.54, 1.807) is 11.3 Å². The van der Waals surface area contributed by atoms with Crippen molar-refractivity contribution in [2.45, 2.75) is 18.8 Å². The normalized spacial score (nSPS) is 25.0. The molecular weight excluding hydrogens is 324 g/mol. The maximum atomic E-state index is 13.0. The number of amides is 1. The van der Waals surface area contributed by atoms with Crippen LogP contribution in [-0.2, 0) is 4.79 Å². The monoisotopic (exact) mass is 344 g/mol. The number of thiazole rings is 1. The van der Waals surface area contributed by atoms with Crippen LogP contribution >= 0.6 is 23.1 Å². The molecular formula is C18H20N2OS2. The molecule has 0 bridgehead atoms. The summed E-state index contributed by atoms with van der Waals surface area (Å²) in [4.78, 5) is 19.9. The van der Waals surface area contributed by atoms with Gasteiger partial charge in [-0.1, -0.05) is 24.3 Å². The van der Waals surface area contributed by atoms with Crippen LogP contribution in [0.15, 0.2) is 36.4 Å². The minimum absolute atomic E-state index is 0.0589. The van der Waals surface area contributed by atoms with E-state index in [4.69, 9.17) is 4.98 Å². The number of aromatic nitrogens is 1. The molecule has 0 saturated carbocycles. The lowest BCUT2D eigenvalue weighted by Crippen LogP contribution is -2.43. The fourth-order valence-corrected chi connectivity index (χ4v) is 5.48. The summed E-state index contributed by atoms with van der Waals surface area (Å²) < 4.78 is 1.22. The summed E-state index contributed by atoms with van der Waals surface area (Å²) in [5.74, 6) is 2.77. The molecule has 0 N–H and O–H groups in total. The first-order valence-electron chi connectivity index (χ1n) is 8.20. The van der Waals surface area contributed by atoms with Crippen LogP contribution in [0, 0.1) is 5.92 Å². The highest BCUT2D eigenvalue weighted by Crippen LogP contribution is 2.39. The number of allylic oxidation sites excluding steroid dienone is 2. The first kappa shape index (κ1) is 15.2. The number of carbonyl (C=O) groups is 1. The number of carbonyl (C=O) groups excluding carboxylic acids is 1. The van der Waals surface area contributed by atoms with Crippen molar-refractivity contribution in [2.24, 2.45) is 5.92 Å². The predicted molar refractivity (Wildman–Crippen MR) is 98.1 cm³/mol. The molecule has 120 valence electrons. The zero-order chi connectivity index (χ0) is 15.6. The van der Waals surface area contributed by atoms with Crippen LogP contribution in [0.5, 0.6) is 0 Å². The van der Waals surface area contributed by atoms with Gasteiger partial charge in [0.15, 0.2) is 0 Å². The molecule has 0 unspecified atom stereocenters. The summed E-state index contributed by atoms with van der Waals surface area (Å²) in [6.45, 7) is 1.80. The summed E-state index contributed by atoms with van der Waals surface area (Å²) in [5, 5.41) is 1.13. The molecule has 2 atom stereocenters. The van der Waals surface area contributed by atoms with Gasteiger partial charge in [0.25, 0.3) is 0 Å². The predicted octanol–water partition coefficient (Wildman–Crippen LogP) is 3.92. The van der Waals surface area contributed by atoms with Crippen molar-refractivity contribution < 1.29 is 4.79 Å². The summed E-state index contributed by atoms with van der Waals surface area (Å²) in [6, 6.07) is 8.26. The molecule has 3 nitrogen and oxygen atoms in total. The average molecular weight is 345 g/mol. The van der Waals surface area contributed by atoms with Gasteiger partial charge < -0.3 is 4.90 Å². The molecule has 1 saturated heterocycles. The largest absolute Gasteiger partial charge is 0.341 e. The van der Waals surface area contributed by atoms with Gasteiger partial charge in [-0.15, -0.1) is 11.3 Å². The zero-order valence-electron chi connectivity index (χ0n) is 13.0. The summed E-state index contributed by atoms with van der Waals surface area (Å²) in [5.41, 5.74) is 1.06. The van der Waals surface area contributed by atoms with Crippen LogP contribution < -0.4 is 0 Å². The average Bonchev–Trinajstić information content (AvgIpc) is 3.06. The number of nitrogens with zero attached hydrogens (tertiary/aromatic N) is 2. The standard InChI is InChI=1S/C18H20N2OS2/c21-18(20-9-11-22-12-10-20)14-6-2-1-5-13(14)17-19-15-7-3-4-8-16(15)23-17/h1-4,7-8,13-14H,5-6,9-12H2/t13-,14+/m0/s1. The molecule has 1 aliphatic carbocycles. The number of hydrogen-bond acceptors (Lipinski definition) is 4. The van der Waals surface area contributed by atoms with Crippen LogP contribution in [0.3, 0.4) is 0 Å². The Morgan fingerprint density at radius 1 is 1.13 bits per heavy atom. The van der Waals surface area contributed by atoms with Crippen LogP contribution in [0.1, 0.15) is 23.8 Å². The highest BCUT2D eigenvalue weighted by atomic mass is 32.2. The summed E-state index contributed by atoms with van der Waals surface area (Å²) in [6.07, 6.45) is 6.17. The SMILES string of the molecule is O=C([C@@H]1CC=CC[C@@H]1c1nc2ccccc2s1)N1CCSCC1. The Morgan fingerprint density at radius 2 is 1.91 bits per heavy atom. The minimum atomic E-state index is 0.0589. The van der Waals surface area contributed by atoms with Crippen molar-refractivity contribution in [2.75, 3.05) is 24.6 Å². The lowest BCUT2D eigenvalue weighted by Gasteiger charge is -2.33. The second-order valence-corrected chi connectivity index (χ2v) is 8.40. The second kappa shape index (κ2) is 6.65. The highest BCUT2D eigenvalue weighted by molar-refractivity contribution is 7.99. The molecule has 2 aromatic rings. The number of para-hydroxylation sites is 1. The van der Waals surface area contributed by atoms with Crippen LogP contribution in [0.25, 0.3) is 10.2 Å². The molecule has 1 aliphatic heterocycles. The highest BCUT2D eigenvalue weighted by Gasteiger charge is 2.35. The van der Waals surface area contributed by atoms with Crippen LogP contribution in [0.2, 0.25) is 0 Å². The van der Waals surface area contributed by atoms with Crippen LogP contribution in [-0.4, -0.2) is 40.4 Å². The smallest absolute Gasteiger partial charge is 0.226 e. The lowest BCUT2D eigenvalue weighted by atomic mass is 9.82. The first-order chi connectivity index (χ1) is 11.3. The number of benzene rings is 1. The van der Waals surface area contributed by atoms with E-state index in [1.165, 1.54) is 4.70 Å². The van der Waals surface area contributed by atoms with Crippen molar-refractivity contribution in [1.29, 1.82) is 0 Å². The third-order valence-electron chi connectivity index (χ3n) is 4.70. The van der Waals surface area contributed by atoms with Gasteiger partial charge in [-0.05, 0) is 25.0 Å². The Bertz CT molecular complexity index is 700. The van der Waals surface area contributed by atoms with E-state index in [-0.39, 0.29) is 11.8 Å². The zero-order valence-corrected chi connectivity index (χ0v) is 14.6. The van der Waals surface area contributed by atoms with Gasteiger partial charge in [-0.25, -0.2) is 4.98 Å². The Balaban J connectivity index is 1.62. The minimum Gasteiger partial charge on any atom is -0.341 e. The Morgan fingerprint density at radius 3 is 2.74 bits per heavy atom. The van der Waals surface area contributed by atoms with Gasteiger partial charge in [0.1, 0.15) is 0 Å². The van der Waals surface area contributed by atoms with E-state index in [9.17, 15) is 4.79 Å². The number of hydrogen-bond donors (Lipinski definition) is 0. The topological polar surface area (TPSA) is 33.2 Å². The number of thioether (sulfide) groups is 1. The molecule has 1 amide bonds. The van der Waals surface area contributed by atoms with Crippen molar-refractivity contribution in [3.8, 4) is 0 Å². The summed E-state index contributed by atoms with van der Waals surface area (Å²) in [7, 11) is 0. The molecule has 1 aromatic carbocycles. The molecule has 5 heteroatoms. The molecule has 2 heterocycles. The van der Waals surface area contributed by atoms with E-state index in [2.05, 4.69) is 35.3 Å². The van der Waals surface area contributed by atoms with Gasteiger partial charge in [-0.2, -0.15) is 11.8 Å². The van der Waals surface area contributed by atoms with Crippen LogP contribution in [0.4, 0.5) is 0 Å². The van der Waals surface area contributed by atoms with Gasteiger partial charge in [0.2, 0.25) is 5.91 Å². The second-order valence-electron chi connectivity index (χ2n) is 6.11. The molecule has 23 heavy (non-hydrogen) atoms. The van der Waals surface area contributed by atoms with Gasteiger partial charge in [-0.3, -0.25) is 4.79 Å². The quantitative estimate of drug-likeness (QED) is 0.774. The van der Waals surface area contributed by atoms with Gasteiger partial charge >= 0.3 is 0 Å². The third kappa shape index (κ3) is 3.04. The lowest BCUT2D eigenvalue weighted by molar-refractivity contribution is -0.136. The molecule has 0 radical (unpaired) electrons. The van der Waals surface area contributed by atoms with Crippen molar-refractivity contribution in [3.63, 3.8) is 0 Å². The molecule has 1 aromatic heterocycles. The number of fused-ring (bicyclic) bond motifs is 1. The van der Waals surface area contributed by atoms with E-state index < -0.39 is 0 Å². The maximum Gasteiger partial charge on any atom is 0.226 e. The van der Waals surface area contributed by atoms with Crippen molar-refractivity contribution >= 4 is 39.2 Å². The Kier molecular flexibility index (Phi) is 4.40. The fraction of sp³-hybridized carbons (Fsp3) is 0.444. The van der Waals surface area contributed by atoms with Gasteiger partial charge in [0.05, 0.1) is 21.1 Å². The van der Waals surface area contributed by atoms with Crippen molar-refractivity contribution in [1.82, 2.24) is 9.88 Å². The first-order valence-corrected chi connectivity index (χ1v) is 10.2. The molecule has 2 aliphatic rings. The Labute approximate surface area is 144 Å². The fourth-order valence-electron chi connectivity index (χ4n) is 3.43. The molecule has 0 spiro atoms. The molecule has 4 rings (SSSR count). The van der Waals surface area contributed by atoms with E-state index in [0.717, 1.165) is 48.0 Å². The summed E-state index contributed by atoms with van der Waals surface area (Å²) >= 11 is 3.70. The number of rotatable bonds is 2. The Hall–Kier alpha value is -1.33. The third-order valence-corrected chi connectivity index (χ3v) is 6.81. The van der Waals surface area contributed by atoms with E-state index in [1.807, 2.05) is 17.8 Å². The van der Waals surface area contributed by atoms with E-state index >= 15 is 0 Å². The molecule has 1 fully saturated rings.